The Balaban J connectivity index is 2.14. The summed E-state index contributed by atoms with van der Waals surface area (Å²) >= 11 is 3.44. The second kappa shape index (κ2) is 3.63. The van der Waals surface area contributed by atoms with Gasteiger partial charge in [0.1, 0.15) is 5.82 Å². The van der Waals surface area contributed by atoms with Crippen molar-refractivity contribution < 1.29 is 0 Å². The quantitative estimate of drug-likeness (QED) is 0.886. The highest BCUT2D eigenvalue weighted by molar-refractivity contribution is 9.10. The van der Waals surface area contributed by atoms with Crippen LogP contribution in [0.15, 0.2) is 10.7 Å². The first-order chi connectivity index (χ1) is 7.03. The van der Waals surface area contributed by atoms with Crippen LogP contribution >= 0.6 is 15.9 Å². The Morgan fingerprint density at radius 1 is 1.53 bits per heavy atom. The van der Waals surface area contributed by atoms with Crippen LogP contribution in [-0.2, 0) is 0 Å². The Hall–Kier alpha value is -0.840. The average Bonchev–Trinajstić information content (AvgIpc) is 2.78. The predicted octanol–water partition coefficient (Wildman–Crippen LogP) is 2.49. The van der Waals surface area contributed by atoms with E-state index in [2.05, 4.69) is 50.4 Å². The minimum Gasteiger partial charge on any atom is -0.366 e. The summed E-state index contributed by atoms with van der Waals surface area (Å²) in [5.41, 5.74) is 0.393. The molecule has 0 radical (unpaired) electrons. The lowest BCUT2D eigenvalue weighted by Gasteiger charge is -2.09. The van der Waals surface area contributed by atoms with Gasteiger partial charge in [0.15, 0.2) is 0 Å². The summed E-state index contributed by atoms with van der Waals surface area (Å²) in [7, 11) is 1.81. The van der Waals surface area contributed by atoms with Crippen molar-refractivity contribution in [3.05, 3.63) is 10.7 Å². The third-order valence-corrected chi connectivity index (χ3v) is 3.37. The highest BCUT2D eigenvalue weighted by atomic mass is 79.9. The molecule has 0 saturated heterocycles. The zero-order valence-corrected chi connectivity index (χ0v) is 10.7. The zero-order valence-electron chi connectivity index (χ0n) is 9.13. The van der Waals surface area contributed by atoms with Crippen molar-refractivity contribution in [3.63, 3.8) is 0 Å². The Bertz CT molecular complexity index is 378. The van der Waals surface area contributed by atoms with Crippen LogP contribution in [0.2, 0.25) is 0 Å². The van der Waals surface area contributed by atoms with Crippen molar-refractivity contribution >= 4 is 27.7 Å². The minimum atomic E-state index is 0.393. The van der Waals surface area contributed by atoms with Gasteiger partial charge in [-0.3, -0.25) is 0 Å². The van der Waals surface area contributed by atoms with Crippen LogP contribution < -0.4 is 10.6 Å². The van der Waals surface area contributed by atoms with Crippen molar-refractivity contribution in [1.29, 1.82) is 0 Å². The van der Waals surface area contributed by atoms with E-state index in [0.717, 1.165) is 10.3 Å². The monoisotopic (exact) mass is 270 g/mol. The Kier molecular flexibility index (Phi) is 2.58. The summed E-state index contributed by atoms with van der Waals surface area (Å²) in [5, 5.41) is 6.34. The first-order valence-electron chi connectivity index (χ1n) is 5.00. The van der Waals surface area contributed by atoms with E-state index < -0.39 is 0 Å². The molecule has 15 heavy (non-hydrogen) atoms. The third-order valence-electron chi connectivity index (χ3n) is 2.79. The molecular formula is C10H15BrN4. The van der Waals surface area contributed by atoms with Crippen LogP contribution in [0.1, 0.15) is 20.3 Å². The molecule has 0 aromatic carbocycles. The number of hydrogen-bond acceptors (Lipinski definition) is 4. The maximum atomic E-state index is 4.36. The van der Waals surface area contributed by atoms with Crippen molar-refractivity contribution in [2.45, 2.75) is 26.3 Å². The van der Waals surface area contributed by atoms with Crippen LogP contribution in [0.4, 0.5) is 11.8 Å². The summed E-state index contributed by atoms with van der Waals surface area (Å²) in [5.74, 6) is 1.50. The first-order valence-corrected chi connectivity index (χ1v) is 5.79. The van der Waals surface area contributed by atoms with Gasteiger partial charge in [0.05, 0.1) is 4.47 Å². The van der Waals surface area contributed by atoms with E-state index in [1.165, 1.54) is 6.42 Å². The standard InChI is InChI=1S/C10H15BrN4/c1-10(2)4-7(10)14-8-6(11)5-13-9(12-3)15-8/h5,7H,4H2,1-3H3,(H2,12,13,14,15). The lowest BCUT2D eigenvalue weighted by atomic mass is 10.2. The van der Waals surface area contributed by atoms with Gasteiger partial charge in [0.25, 0.3) is 0 Å². The molecule has 4 nitrogen and oxygen atoms in total. The Labute approximate surface area is 98.0 Å². The van der Waals surface area contributed by atoms with Crippen molar-refractivity contribution in [3.8, 4) is 0 Å². The molecule has 2 rings (SSSR count). The van der Waals surface area contributed by atoms with Gasteiger partial charge < -0.3 is 10.6 Å². The van der Waals surface area contributed by atoms with Crippen LogP contribution in [0.25, 0.3) is 0 Å². The Morgan fingerprint density at radius 3 is 2.73 bits per heavy atom. The van der Waals surface area contributed by atoms with Gasteiger partial charge in [0, 0.05) is 19.3 Å². The largest absolute Gasteiger partial charge is 0.366 e. The molecule has 1 unspecified atom stereocenters. The average molecular weight is 271 g/mol. The normalized spacial score (nSPS) is 22.3. The molecule has 1 heterocycles. The second-order valence-corrected chi connectivity index (χ2v) is 5.38. The summed E-state index contributed by atoms with van der Waals surface area (Å²) in [4.78, 5) is 8.47. The molecule has 1 saturated carbocycles. The molecule has 1 aliphatic carbocycles. The first kappa shape index (κ1) is 10.7. The number of rotatable bonds is 3. The maximum Gasteiger partial charge on any atom is 0.224 e. The molecule has 0 amide bonds. The molecular weight excluding hydrogens is 256 g/mol. The fourth-order valence-electron chi connectivity index (χ4n) is 1.47. The molecule has 0 spiro atoms. The fraction of sp³-hybridized carbons (Fsp3) is 0.600. The molecule has 5 heteroatoms. The molecule has 0 aliphatic heterocycles. The number of anilines is 2. The van der Waals surface area contributed by atoms with Gasteiger partial charge in [-0.15, -0.1) is 0 Å². The summed E-state index contributed by atoms with van der Waals surface area (Å²) < 4.78 is 0.907. The molecule has 1 atom stereocenters. The number of nitrogens with one attached hydrogen (secondary N) is 2. The van der Waals surface area contributed by atoms with Crippen LogP contribution in [0.5, 0.6) is 0 Å². The molecule has 1 aromatic rings. The number of nitrogens with zero attached hydrogens (tertiary/aromatic N) is 2. The highest BCUT2D eigenvalue weighted by Crippen LogP contribution is 2.46. The van der Waals surface area contributed by atoms with Gasteiger partial charge in [0.2, 0.25) is 5.95 Å². The van der Waals surface area contributed by atoms with E-state index in [9.17, 15) is 0 Å². The van der Waals surface area contributed by atoms with E-state index in [-0.39, 0.29) is 0 Å². The Morgan fingerprint density at radius 2 is 2.20 bits per heavy atom. The van der Waals surface area contributed by atoms with E-state index in [1.807, 2.05) is 7.05 Å². The number of hydrogen-bond donors (Lipinski definition) is 2. The van der Waals surface area contributed by atoms with E-state index >= 15 is 0 Å². The SMILES string of the molecule is CNc1ncc(Br)c(NC2CC2(C)C)n1. The molecule has 1 fully saturated rings. The number of aromatic nitrogens is 2. The van der Waals surface area contributed by atoms with Crippen molar-refractivity contribution in [2.75, 3.05) is 17.7 Å². The summed E-state index contributed by atoms with van der Waals surface area (Å²) in [6.45, 7) is 4.50. The predicted molar refractivity (Wildman–Crippen MR) is 65.1 cm³/mol. The van der Waals surface area contributed by atoms with Crippen LogP contribution in [-0.4, -0.2) is 23.1 Å². The smallest absolute Gasteiger partial charge is 0.224 e. The topological polar surface area (TPSA) is 49.8 Å². The molecule has 82 valence electrons. The van der Waals surface area contributed by atoms with E-state index in [1.54, 1.807) is 6.20 Å². The van der Waals surface area contributed by atoms with E-state index in [4.69, 9.17) is 0 Å². The van der Waals surface area contributed by atoms with Crippen LogP contribution in [0.3, 0.4) is 0 Å². The minimum absolute atomic E-state index is 0.393. The third kappa shape index (κ3) is 2.22. The molecule has 2 N–H and O–H groups in total. The van der Waals surface area contributed by atoms with Gasteiger partial charge in [-0.05, 0) is 27.8 Å². The molecule has 0 bridgehead atoms. The zero-order chi connectivity index (χ0) is 11.1. The second-order valence-electron chi connectivity index (χ2n) is 4.53. The van der Waals surface area contributed by atoms with Crippen molar-refractivity contribution in [2.24, 2.45) is 5.41 Å². The molecule has 1 aliphatic rings. The molecule has 1 aromatic heterocycles. The van der Waals surface area contributed by atoms with Gasteiger partial charge in [-0.2, -0.15) is 4.98 Å². The van der Waals surface area contributed by atoms with Gasteiger partial charge >= 0.3 is 0 Å². The van der Waals surface area contributed by atoms with E-state index in [0.29, 0.717) is 17.4 Å². The highest BCUT2D eigenvalue weighted by Gasteiger charge is 2.46. The summed E-state index contributed by atoms with van der Waals surface area (Å²) in [6.07, 6.45) is 2.95. The maximum absolute atomic E-state index is 4.36. The fourth-order valence-corrected chi connectivity index (χ4v) is 1.77. The lowest BCUT2D eigenvalue weighted by Crippen LogP contribution is -2.11. The number of halogens is 1. The van der Waals surface area contributed by atoms with Gasteiger partial charge in [-0.25, -0.2) is 4.98 Å². The lowest BCUT2D eigenvalue weighted by molar-refractivity contribution is 0.629. The van der Waals surface area contributed by atoms with Crippen molar-refractivity contribution in [1.82, 2.24) is 9.97 Å². The summed E-state index contributed by atoms with van der Waals surface area (Å²) in [6, 6.07) is 0.522. The van der Waals surface area contributed by atoms with Crippen LogP contribution in [0, 0.1) is 5.41 Å². The van der Waals surface area contributed by atoms with Gasteiger partial charge in [-0.1, -0.05) is 13.8 Å².